The SMILES string of the molecule is C=Cc1ncc(OCc2cn3ccncc3n2)c(NCCCC)n1. The van der Waals surface area contributed by atoms with Gasteiger partial charge in [-0.05, 0) is 12.5 Å². The molecule has 0 aliphatic carbocycles. The van der Waals surface area contributed by atoms with Crippen molar-refractivity contribution >= 4 is 17.5 Å². The summed E-state index contributed by atoms with van der Waals surface area (Å²) in [4.78, 5) is 17.1. The molecule has 0 amide bonds. The van der Waals surface area contributed by atoms with Crippen LogP contribution < -0.4 is 10.1 Å². The summed E-state index contributed by atoms with van der Waals surface area (Å²) in [6.07, 6.45) is 12.6. The number of anilines is 1. The first-order chi connectivity index (χ1) is 11.8. The highest BCUT2D eigenvalue weighted by Gasteiger charge is 2.09. The third kappa shape index (κ3) is 3.68. The molecule has 24 heavy (non-hydrogen) atoms. The number of hydrogen-bond acceptors (Lipinski definition) is 6. The first kappa shape index (κ1) is 15.9. The van der Waals surface area contributed by atoms with Gasteiger partial charge in [0.05, 0.1) is 18.1 Å². The maximum Gasteiger partial charge on any atom is 0.180 e. The molecular formula is C17H20N6O. The Bertz CT molecular complexity index is 796. The van der Waals surface area contributed by atoms with Gasteiger partial charge in [-0.25, -0.2) is 15.0 Å². The van der Waals surface area contributed by atoms with Gasteiger partial charge in [-0.3, -0.25) is 4.98 Å². The van der Waals surface area contributed by atoms with Gasteiger partial charge in [-0.2, -0.15) is 0 Å². The molecule has 3 aromatic rings. The minimum Gasteiger partial charge on any atom is -0.482 e. The van der Waals surface area contributed by atoms with Crippen LogP contribution in [-0.2, 0) is 6.61 Å². The number of fused-ring (bicyclic) bond motifs is 1. The fourth-order valence-electron chi connectivity index (χ4n) is 2.22. The Hall–Kier alpha value is -2.96. The van der Waals surface area contributed by atoms with Crippen LogP contribution in [0.1, 0.15) is 31.3 Å². The molecule has 3 heterocycles. The van der Waals surface area contributed by atoms with E-state index in [4.69, 9.17) is 4.74 Å². The molecule has 0 atom stereocenters. The Kier molecular flexibility index (Phi) is 5.00. The van der Waals surface area contributed by atoms with E-state index >= 15 is 0 Å². The van der Waals surface area contributed by atoms with Crippen molar-refractivity contribution in [3.63, 3.8) is 0 Å². The van der Waals surface area contributed by atoms with Crippen molar-refractivity contribution in [3.8, 4) is 5.75 Å². The van der Waals surface area contributed by atoms with E-state index in [1.54, 1.807) is 24.7 Å². The zero-order valence-corrected chi connectivity index (χ0v) is 13.6. The van der Waals surface area contributed by atoms with Crippen molar-refractivity contribution in [1.82, 2.24) is 24.3 Å². The zero-order chi connectivity index (χ0) is 16.8. The quantitative estimate of drug-likeness (QED) is 0.642. The van der Waals surface area contributed by atoms with Gasteiger partial charge in [-0.15, -0.1) is 0 Å². The summed E-state index contributed by atoms with van der Waals surface area (Å²) in [6, 6.07) is 0. The summed E-state index contributed by atoms with van der Waals surface area (Å²) in [5.74, 6) is 1.85. The number of aromatic nitrogens is 5. The van der Waals surface area contributed by atoms with Crippen LogP contribution in [0.4, 0.5) is 5.82 Å². The molecule has 0 saturated heterocycles. The average Bonchev–Trinajstić information content (AvgIpc) is 3.03. The lowest BCUT2D eigenvalue weighted by Crippen LogP contribution is -2.08. The van der Waals surface area contributed by atoms with Gasteiger partial charge < -0.3 is 14.5 Å². The summed E-state index contributed by atoms with van der Waals surface area (Å²) >= 11 is 0. The number of rotatable bonds is 8. The molecule has 0 unspecified atom stereocenters. The molecular weight excluding hydrogens is 304 g/mol. The lowest BCUT2D eigenvalue weighted by atomic mass is 10.3. The average molecular weight is 324 g/mol. The molecule has 7 nitrogen and oxygen atoms in total. The number of hydrogen-bond donors (Lipinski definition) is 1. The number of ether oxygens (including phenoxy) is 1. The molecule has 0 radical (unpaired) electrons. The normalized spacial score (nSPS) is 10.7. The molecule has 3 rings (SSSR count). The van der Waals surface area contributed by atoms with E-state index in [0.717, 1.165) is 30.7 Å². The van der Waals surface area contributed by atoms with Gasteiger partial charge in [0.2, 0.25) is 0 Å². The summed E-state index contributed by atoms with van der Waals surface area (Å²) in [6.45, 7) is 7.02. The first-order valence-corrected chi connectivity index (χ1v) is 7.94. The fraction of sp³-hybridized carbons (Fsp3) is 0.294. The van der Waals surface area contributed by atoms with E-state index in [1.807, 2.05) is 16.8 Å². The molecule has 0 fully saturated rings. The molecule has 124 valence electrons. The van der Waals surface area contributed by atoms with Crippen LogP contribution in [0, 0.1) is 0 Å². The second-order valence-electron chi connectivity index (χ2n) is 5.29. The highest BCUT2D eigenvalue weighted by molar-refractivity contribution is 5.52. The second kappa shape index (κ2) is 7.54. The van der Waals surface area contributed by atoms with E-state index in [9.17, 15) is 0 Å². The van der Waals surface area contributed by atoms with E-state index in [-0.39, 0.29) is 0 Å². The predicted octanol–water partition coefficient (Wildman–Crippen LogP) is 2.95. The van der Waals surface area contributed by atoms with Crippen molar-refractivity contribution in [2.24, 2.45) is 0 Å². The summed E-state index contributed by atoms with van der Waals surface area (Å²) in [5, 5.41) is 3.29. The lowest BCUT2D eigenvalue weighted by Gasteiger charge is -2.11. The topological polar surface area (TPSA) is 77.2 Å². The first-order valence-electron chi connectivity index (χ1n) is 7.94. The van der Waals surface area contributed by atoms with Gasteiger partial charge in [0.25, 0.3) is 0 Å². The van der Waals surface area contributed by atoms with E-state index in [0.29, 0.717) is 24.0 Å². The van der Waals surface area contributed by atoms with E-state index in [2.05, 4.69) is 38.8 Å². The highest BCUT2D eigenvalue weighted by atomic mass is 16.5. The molecule has 0 spiro atoms. The molecule has 0 bridgehead atoms. The summed E-state index contributed by atoms with van der Waals surface area (Å²) in [5.41, 5.74) is 1.60. The van der Waals surface area contributed by atoms with Gasteiger partial charge in [-0.1, -0.05) is 19.9 Å². The highest BCUT2D eigenvalue weighted by Crippen LogP contribution is 2.22. The van der Waals surface area contributed by atoms with Crippen molar-refractivity contribution in [1.29, 1.82) is 0 Å². The number of imidazole rings is 1. The van der Waals surface area contributed by atoms with E-state index in [1.165, 1.54) is 0 Å². The largest absolute Gasteiger partial charge is 0.482 e. The summed E-state index contributed by atoms with van der Waals surface area (Å²) < 4.78 is 7.77. The monoisotopic (exact) mass is 324 g/mol. The smallest absolute Gasteiger partial charge is 0.180 e. The third-order valence-electron chi connectivity index (χ3n) is 3.47. The van der Waals surface area contributed by atoms with Crippen LogP contribution in [0.3, 0.4) is 0 Å². The van der Waals surface area contributed by atoms with Gasteiger partial charge in [0.1, 0.15) is 6.61 Å². The maximum absolute atomic E-state index is 5.86. The second-order valence-corrected chi connectivity index (χ2v) is 5.29. The van der Waals surface area contributed by atoms with Crippen molar-refractivity contribution < 1.29 is 4.74 Å². The molecule has 0 aromatic carbocycles. The Morgan fingerprint density at radius 1 is 1.33 bits per heavy atom. The maximum atomic E-state index is 5.86. The number of unbranched alkanes of at least 4 members (excludes halogenated alkanes) is 1. The van der Waals surface area contributed by atoms with Crippen molar-refractivity contribution in [2.75, 3.05) is 11.9 Å². The number of nitrogens with zero attached hydrogens (tertiary/aromatic N) is 5. The molecule has 7 heteroatoms. The Balaban J connectivity index is 1.74. The molecule has 0 saturated carbocycles. The van der Waals surface area contributed by atoms with Crippen LogP contribution >= 0.6 is 0 Å². The van der Waals surface area contributed by atoms with Gasteiger partial charge in [0.15, 0.2) is 23.0 Å². The Morgan fingerprint density at radius 2 is 2.25 bits per heavy atom. The third-order valence-corrected chi connectivity index (χ3v) is 3.47. The minimum absolute atomic E-state index is 0.334. The van der Waals surface area contributed by atoms with Gasteiger partial charge in [0, 0.05) is 25.1 Å². The molecule has 0 aliphatic heterocycles. The van der Waals surface area contributed by atoms with Crippen molar-refractivity contribution in [2.45, 2.75) is 26.4 Å². The van der Waals surface area contributed by atoms with Crippen LogP contribution in [0.15, 0.2) is 37.6 Å². The van der Waals surface area contributed by atoms with Crippen LogP contribution in [0.5, 0.6) is 5.75 Å². The molecule has 1 N–H and O–H groups in total. The predicted molar refractivity (Wildman–Crippen MR) is 92.8 cm³/mol. The Labute approximate surface area is 140 Å². The van der Waals surface area contributed by atoms with Crippen molar-refractivity contribution in [3.05, 3.63) is 49.1 Å². The van der Waals surface area contributed by atoms with Crippen LogP contribution in [0.25, 0.3) is 11.7 Å². The van der Waals surface area contributed by atoms with E-state index < -0.39 is 0 Å². The summed E-state index contributed by atoms with van der Waals surface area (Å²) in [7, 11) is 0. The Morgan fingerprint density at radius 3 is 3.04 bits per heavy atom. The lowest BCUT2D eigenvalue weighted by molar-refractivity contribution is 0.301. The van der Waals surface area contributed by atoms with Crippen LogP contribution in [-0.4, -0.2) is 30.9 Å². The molecule has 3 aromatic heterocycles. The zero-order valence-electron chi connectivity index (χ0n) is 13.6. The number of nitrogens with one attached hydrogen (secondary N) is 1. The van der Waals surface area contributed by atoms with Crippen LogP contribution in [0.2, 0.25) is 0 Å². The molecule has 0 aliphatic rings. The van der Waals surface area contributed by atoms with Gasteiger partial charge >= 0.3 is 0 Å². The standard InChI is InChI=1S/C17H20N6O/c1-3-5-6-19-17-14(9-20-15(4-2)22-17)24-12-13-11-23-8-7-18-10-16(23)21-13/h4,7-11H,2-3,5-6,12H2,1H3,(H,19,20,22). The fourth-order valence-corrected chi connectivity index (χ4v) is 2.22. The minimum atomic E-state index is 0.334.